The van der Waals surface area contributed by atoms with Crippen molar-refractivity contribution in [3.05, 3.63) is 0 Å². The second-order valence-corrected chi connectivity index (χ2v) is 4.52. The Labute approximate surface area is 102 Å². The van der Waals surface area contributed by atoms with E-state index >= 15 is 0 Å². The van der Waals surface area contributed by atoms with E-state index in [1.807, 2.05) is 0 Å². The Morgan fingerprint density at radius 2 is 2.18 bits per heavy atom. The summed E-state index contributed by atoms with van der Waals surface area (Å²) in [5.74, 6) is -0.687. The molecule has 1 rings (SSSR count). The van der Waals surface area contributed by atoms with Crippen molar-refractivity contribution >= 4 is 11.8 Å². The summed E-state index contributed by atoms with van der Waals surface area (Å²) in [5, 5.41) is 2.82. The summed E-state index contributed by atoms with van der Waals surface area (Å²) in [4.78, 5) is 22.7. The normalized spacial score (nSPS) is 23.6. The van der Waals surface area contributed by atoms with Crippen LogP contribution < -0.4 is 11.1 Å². The fourth-order valence-corrected chi connectivity index (χ4v) is 2.13. The Morgan fingerprint density at radius 3 is 2.82 bits per heavy atom. The first-order chi connectivity index (χ1) is 8.15. The van der Waals surface area contributed by atoms with Gasteiger partial charge in [-0.25, -0.2) is 0 Å². The molecule has 0 spiro atoms. The zero-order valence-electron chi connectivity index (χ0n) is 10.4. The third-order valence-electron chi connectivity index (χ3n) is 3.10. The van der Waals surface area contributed by atoms with Crippen LogP contribution in [0.3, 0.4) is 0 Å². The summed E-state index contributed by atoms with van der Waals surface area (Å²) in [5.41, 5.74) is 5.28. The van der Waals surface area contributed by atoms with Gasteiger partial charge >= 0.3 is 0 Å². The van der Waals surface area contributed by atoms with Crippen molar-refractivity contribution in [2.75, 3.05) is 13.2 Å². The van der Waals surface area contributed by atoms with Crippen LogP contribution in [0.1, 0.15) is 39.0 Å². The maximum absolute atomic E-state index is 11.5. The fraction of sp³-hybridized carbons (Fsp3) is 0.833. The molecule has 3 N–H and O–H groups in total. The van der Waals surface area contributed by atoms with E-state index in [1.54, 1.807) is 0 Å². The minimum Gasteiger partial charge on any atom is -0.372 e. The van der Waals surface area contributed by atoms with E-state index in [4.69, 9.17) is 10.5 Å². The van der Waals surface area contributed by atoms with Crippen molar-refractivity contribution in [2.24, 2.45) is 11.7 Å². The molecule has 2 amide bonds. The van der Waals surface area contributed by atoms with Crippen molar-refractivity contribution in [1.82, 2.24) is 5.32 Å². The number of unbranched alkanes of at least 4 members (excludes halogenated alkanes) is 1. The number of rotatable bonds is 7. The number of carbonyl (C=O) groups excluding carboxylic acids is 2. The van der Waals surface area contributed by atoms with Crippen molar-refractivity contribution in [1.29, 1.82) is 0 Å². The van der Waals surface area contributed by atoms with Crippen molar-refractivity contribution in [2.45, 2.75) is 45.1 Å². The summed E-state index contributed by atoms with van der Waals surface area (Å²) < 4.78 is 5.21. The Balaban J connectivity index is 2.23. The predicted octanol–water partition coefficient (Wildman–Crippen LogP) is 0.573. The van der Waals surface area contributed by atoms with E-state index in [1.165, 1.54) is 0 Å². The molecule has 98 valence electrons. The molecule has 2 atom stereocenters. The molecule has 0 aromatic carbocycles. The average Bonchev–Trinajstić information content (AvgIpc) is 2.72. The molecular formula is C12H22N2O3. The zero-order chi connectivity index (χ0) is 12.7. The van der Waals surface area contributed by atoms with Gasteiger partial charge in [0.05, 0.1) is 5.92 Å². The Hall–Kier alpha value is -1.10. The van der Waals surface area contributed by atoms with Crippen LogP contribution in [0, 0.1) is 5.92 Å². The molecule has 1 saturated carbocycles. The molecule has 0 aliphatic heterocycles. The molecule has 0 heterocycles. The van der Waals surface area contributed by atoms with Gasteiger partial charge < -0.3 is 15.8 Å². The molecule has 1 aliphatic carbocycles. The predicted molar refractivity (Wildman–Crippen MR) is 64.2 cm³/mol. The van der Waals surface area contributed by atoms with Gasteiger partial charge in [-0.05, 0) is 19.3 Å². The summed E-state index contributed by atoms with van der Waals surface area (Å²) >= 11 is 0. The smallest absolute Gasteiger partial charge is 0.246 e. The lowest BCUT2D eigenvalue weighted by Crippen LogP contribution is -2.43. The molecule has 1 aliphatic rings. The van der Waals surface area contributed by atoms with E-state index in [2.05, 4.69) is 12.2 Å². The largest absolute Gasteiger partial charge is 0.372 e. The number of hydrogen-bond donors (Lipinski definition) is 2. The molecule has 2 unspecified atom stereocenters. The average molecular weight is 242 g/mol. The SMILES string of the molecule is CCCCOCC(=O)NC1CCCC1C(N)=O. The summed E-state index contributed by atoms with van der Waals surface area (Å²) in [7, 11) is 0. The van der Waals surface area contributed by atoms with Gasteiger partial charge in [0.2, 0.25) is 11.8 Å². The van der Waals surface area contributed by atoms with Gasteiger partial charge in [0.15, 0.2) is 0 Å². The van der Waals surface area contributed by atoms with E-state index in [0.29, 0.717) is 6.61 Å². The van der Waals surface area contributed by atoms with Gasteiger partial charge in [-0.2, -0.15) is 0 Å². The molecule has 1 fully saturated rings. The number of amides is 2. The third-order valence-corrected chi connectivity index (χ3v) is 3.10. The first-order valence-electron chi connectivity index (χ1n) is 6.31. The fourth-order valence-electron chi connectivity index (χ4n) is 2.13. The van der Waals surface area contributed by atoms with Crippen molar-refractivity contribution in [3.63, 3.8) is 0 Å². The first-order valence-corrected chi connectivity index (χ1v) is 6.31. The van der Waals surface area contributed by atoms with Gasteiger partial charge in [-0.1, -0.05) is 19.8 Å². The van der Waals surface area contributed by atoms with Crippen LogP contribution in [-0.4, -0.2) is 31.1 Å². The van der Waals surface area contributed by atoms with Gasteiger partial charge in [0.25, 0.3) is 0 Å². The Morgan fingerprint density at radius 1 is 1.41 bits per heavy atom. The lowest BCUT2D eigenvalue weighted by atomic mass is 10.0. The maximum Gasteiger partial charge on any atom is 0.246 e. The van der Waals surface area contributed by atoms with Gasteiger partial charge in [0.1, 0.15) is 6.61 Å². The minimum atomic E-state index is -0.320. The molecule has 5 nitrogen and oxygen atoms in total. The number of nitrogens with one attached hydrogen (secondary N) is 1. The first kappa shape index (κ1) is 14.0. The molecule has 5 heteroatoms. The number of nitrogens with two attached hydrogens (primary N) is 1. The van der Waals surface area contributed by atoms with E-state index in [9.17, 15) is 9.59 Å². The minimum absolute atomic E-state index is 0.0714. The number of ether oxygens (including phenoxy) is 1. The summed E-state index contributed by atoms with van der Waals surface area (Å²) in [6.07, 6.45) is 4.55. The molecular weight excluding hydrogens is 220 g/mol. The van der Waals surface area contributed by atoms with E-state index < -0.39 is 0 Å². The number of carbonyl (C=O) groups is 2. The lowest BCUT2D eigenvalue weighted by Gasteiger charge is -2.18. The second-order valence-electron chi connectivity index (χ2n) is 4.52. The molecule has 0 bridgehead atoms. The topological polar surface area (TPSA) is 81.4 Å². The van der Waals surface area contributed by atoms with Gasteiger partial charge in [-0.3, -0.25) is 9.59 Å². The quantitative estimate of drug-likeness (QED) is 0.640. The van der Waals surface area contributed by atoms with Crippen molar-refractivity contribution in [3.8, 4) is 0 Å². The Bertz CT molecular complexity index is 268. The molecule has 0 aromatic rings. The van der Waals surface area contributed by atoms with E-state index in [-0.39, 0.29) is 30.4 Å². The van der Waals surface area contributed by atoms with Gasteiger partial charge in [-0.15, -0.1) is 0 Å². The highest BCUT2D eigenvalue weighted by Gasteiger charge is 2.32. The molecule has 17 heavy (non-hydrogen) atoms. The van der Waals surface area contributed by atoms with Crippen LogP contribution >= 0.6 is 0 Å². The lowest BCUT2D eigenvalue weighted by molar-refractivity contribution is -0.127. The van der Waals surface area contributed by atoms with E-state index in [0.717, 1.165) is 32.1 Å². The van der Waals surface area contributed by atoms with Gasteiger partial charge in [0, 0.05) is 12.6 Å². The molecule has 0 saturated heterocycles. The van der Waals surface area contributed by atoms with Crippen LogP contribution in [0.2, 0.25) is 0 Å². The number of primary amides is 1. The van der Waals surface area contributed by atoms with Crippen LogP contribution in [0.25, 0.3) is 0 Å². The van der Waals surface area contributed by atoms with Crippen LogP contribution in [0.4, 0.5) is 0 Å². The van der Waals surface area contributed by atoms with Crippen molar-refractivity contribution < 1.29 is 14.3 Å². The number of hydrogen-bond acceptors (Lipinski definition) is 3. The van der Waals surface area contributed by atoms with Crippen LogP contribution in [-0.2, 0) is 14.3 Å². The van der Waals surface area contributed by atoms with Crippen LogP contribution in [0.5, 0.6) is 0 Å². The highest BCUT2D eigenvalue weighted by Crippen LogP contribution is 2.25. The third kappa shape index (κ3) is 4.73. The highest BCUT2D eigenvalue weighted by molar-refractivity contribution is 5.81. The standard InChI is InChI=1S/C12H22N2O3/c1-2-3-7-17-8-11(15)14-10-6-4-5-9(10)12(13)16/h9-10H,2-8H2,1H3,(H2,13,16)(H,14,15). The summed E-state index contributed by atoms with van der Waals surface area (Å²) in [6, 6.07) is -0.102. The van der Waals surface area contributed by atoms with Crippen LogP contribution in [0.15, 0.2) is 0 Å². The Kier molecular flexibility index (Phi) is 5.97. The maximum atomic E-state index is 11.5. The second kappa shape index (κ2) is 7.27. The summed E-state index contributed by atoms with van der Waals surface area (Å²) in [6.45, 7) is 2.75. The highest BCUT2D eigenvalue weighted by atomic mass is 16.5. The molecule has 0 aromatic heterocycles. The zero-order valence-corrected chi connectivity index (χ0v) is 10.4. The molecule has 0 radical (unpaired) electrons. The monoisotopic (exact) mass is 242 g/mol.